The molecule has 0 unspecified atom stereocenters. The molecule has 1 fully saturated rings. The molecule has 3 aromatic rings. The van der Waals surface area contributed by atoms with Crippen molar-refractivity contribution in [1.29, 1.82) is 0 Å². The molecular weight excluding hydrogens is 364 g/mol. The zero-order valence-electron chi connectivity index (χ0n) is 16.9. The molecule has 4 rings (SSSR count). The predicted molar refractivity (Wildman–Crippen MR) is 111 cm³/mol. The third-order valence-electron chi connectivity index (χ3n) is 5.49. The van der Waals surface area contributed by atoms with Gasteiger partial charge in [0.25, 0.3) is 5.91 Å². The first-order chi connectivity index (χ1) is 14.1. The fourth-order valence-corrected chi connectivity index (χ4v) is 3.97. The SMILES string of the molecule is Cc1cc(C(=O)NC2CCN(Cc3ccccn3)CC2)c(C)n1-c1cnccn1. The van der Waals surface area contributed by atoms with Gasteiger partial charge in [0.05, 0.1) is 17.5 Å². The molecule has 1 N–H and O–H groups in total. The second-order valence-corrected chi connectivity index (χ2v) is 7.53. The minimum Gasteiger partial charge on any atom is -0.349 e. The van der Waals surface area contributed by atoms with Crippen molar-refractivity contribution in [2.45, 2.75) is 39.3 Å². The second kappa shape index (κ2) is 8.53. The van der Waals surface area contributed by atoms with Gasteiger partial charge in [-0.15, -0.1) is 0 Å². The Morgan fingerprint density at radius 1 is 1.14 bits per heavy atom. The number of nitrogens with zero attached hydrogens (tertiary/aromatic N) is 5. The highest BCUT2D eigenvalue weighted by Gasteiger charge is 2.23. The Kier molecular flexibility index (Phi) is 5.67. The third-order valence-corrected chi connectivity index (χ3v) is 5.49. The van der Waals surface area contributed by atoms with Gasteiger partial charge in [-0.2, -0.15) is 0 Å². The van der Waals surface area contributed by atoms with Crippen molar-refractivity contribution in [2.24, 2.45) is 0 Å². The molecule has 1 saturated heterocycles. The first kappa shape index (κ1) is 19.3. The van der Waals surface area contributed by atoms with Crippen LogP contribution in [0, 0.1) is 13.8 Å². The summed E-state index contributed by atoms with van der Waals surface area (Å²) in [4.78, 5) is 28.2. The first-order valence-electron chi connectivity index (χ1n) is 10.0. The molecule has 4 heterocycles. The summed E-state index contributed by atoms with van der Waals surface area (Å²) in [6.07, 6.45) is 8.74. The van der Waals surface area contributed by atoms with Crippen LogP contribution in [0.1, 0.15) is 40.3 Å². The average Bonchev–Trinajstić information content (AvgIpc) is 3.05. The van der Waals surface area contributed by atoms with Gasteiger partial charge < -0.3 is 9.88 Å². The molecule has 0 radical (unpaired) electrons. The predicted octanol–water partition coefficient (Wildman–Crippen LogP) is 2.67. The number of likely N-dealkylation sites (tertiary alicyclic amines) is 1. The summed E-state index contributed by atoms with van der Waals surface area (Å²) in [5.74, 6) is 0.709. The molecule has 3 aromatic heterocycles. The molecule has 0 atom stereocenters. The van der Waals surface area contributed by atoms with E-state index in [2.05, 4.69) is 31.2 Å². The van der Waals surface area contributed by atoms with Crippen LogP contribution in [-0.2, 0) is 6.54 Å². The summed E-state index contributed by atoms with van der Waals surface area (Å²) in [6.45, 7) is 6.71. The first-order valence-corrected chi connectivity index (χ1v) is 10.0. The van der Waals surface area contributed by atoms with Crippen LogP contribution in [-0.4, -0.2) is 49.5 Å². The lowest BCUT2D eigenvalue weighted by atomic mass is 10.0. The number of aryl methyl sites for hydroxylation is 1. The van der Waals surface area contributed by atoms with Crippen LogP contribution in [0.3, 0.4) is 0 Å². The van der Waals surface area contributed by atoms with Gasteiger partial charge in [0.2, 0.25) is 0 Å². The number of amides is 1. The molecule has 0 aliphatic carbocycles. The van der Waals surface area contributed by atoms with E-state index in [0.717, 1.165) is 55.4 Å². The van der Waals surface area contributed by atoms with Crippen LogP contribution in [0.2, 0.25) is 0 Å². The highest BCUT2D eigenvalue weighted by molar-refractivity contribution is 5.96. The van der Waals surface area contributed by atoms with E-state index in [1.165, 1.54) is 0 Å². The Hall–Kier alpha value is -3.06. The van der Waals surface area contributed by atoms with Gasteiger partial charge in [-0.3, -0.25) is 19.7 Å². The molecule has 0 bridgehead atoms. The molecule has 0 saturated carbocycles. The van der Waals surface area contributed by atoms with E-state index in [1.807, 2.05) is 42.8 Å². The van der Waals surface area contributed by atoms with Gasteiger partial charge in [0.1, 0.15) is 0 Å². The van der Waals surface area contributed by atoms with Crippen LogP contribution in [0.5, 0.6) is 0 Å². The molecule has 7 nitrogen and oxygen atoms in total. The Morgan fingerprint density at radius 3 is 2.66 bits per heavy atom. The van der Waals surface area contributed by atoms with Crippen LogP contribution < -0.4 is 5.32 Å². The fourth-order valence-electron chi connectivity index (χ4n) is 3.97. The van der Waals surface area contributed by atoms with E-state index in [9.17, 15) is 4.79 Å². The molecular formula is C22H26N6O. The van der Waals surface area contributed by atoms with Gasteiger partial charge in [0, 0.05) is 55.7 Å². The van der Waals surface area contributed by atoms with Gasteiger partial charge in [-0.1, -0.05) is 6.07 Å². The molecule has 0 spiro atoms. The number of piperidine rings is 1. The largest absolute Gasteiger partial charge is 0.349 e. The summed E-state index contributed by atoms with van der Waals surface area (Å²) >= 11 is 0. The number of hydrogen-bond donors (Lipinski definition) is 1. The van der Waals surface area contributed by atoms with Crippen molar-refractivity contribution >= 4 is 5.91 Å². The number of nitrogens with one attached hydrogen (secondary N) is 1. The zero-order valence-corrected chi connectivity index (χ0v) is 16.9. The van der Waals surface area contributed by atoms with E-state index in [-0.39, 0.29) is 11.9 Å². The van der Waals surface area contributed by atoms with Crippen molar-refractivity contribution in [2.75, 3.05) is 13.1 Å². The van der Waals surface area contributed by atoms with E-state index >= 15 is 0 Å². The summed E-state index contributed by atoms with van der Waals surface area (Å²) in [6, 6.07) is 8.14. The molecule has 29 heavy (non-hydrogen) atoms. The quantitative estimate of drug-likeness (QED) is 0.725. The average molecular weight is 390 g/mol. The van der Waals surface area contributed by atoms with Crippen molar-refractivity contribution < 1.29 is 4.79 Å². The number of hydrogen-bond acceptors (Lipinski definition) is 5. The minimum atomic E-state index is -0.0172. The lowest BCUT2D eigenvalue weighted by molar-refractivity contribution is 0.0908. The normalized spacial score (nSPS) is 15.4. The smallest absolute Gasteiger partial charge is 0.253 e. The zero-order chi connectivity index (χ0) is 20.2. The summed E-state index contributed by atoms with van der Waals surface area (Å²) in [5, 5.41) is 3.22. The van der Waals surface area contributed by atoms with Crippen molar-refractivity contribution in [1.82, 2.24) is 29.7 Å². The Balaban J connectivity index is 1.37. The number of carbonyl (C=O) groups excluding carboxylic acids is 1. The number of pyridine rings is 1. The monoisotopic (exact) mass is 390 g/mol. The molecule has 1 aliphatic rings. The lowest BCUT2D eigenvalue weighted by Gasteiger charge is -2.32. The summed E-state index contributed by atoms with van der Waals surface area (Å²) in [5.41, 5.74) is 3.64. The van der Waals surface area contributed by atoms with Crippen LogP contribution >= 0.6 is 0 Å². The van der Waals surface area contributed by atoms with E-state index in [0.29, 0.717) is 5.56 Å². The standard InChI is InChI=1S/C22H26N6O/c1-16-13-20(17(2)28(16)21-14-23-9-10-25-21)22(29)26-18-6-11-27(12-7-18)15-19-5-3-4-8-24-19/h3-5,8-10,13-14,18H,6-7,11-12,15H2,1-2H3,(H,26,29). The third kappa shape index (κ3) is 4.35. The van der Waals surface area contributed by atoms with E-state index < -0.39 is 0 Å². The van der Waals surface area contributed by atoms with E-state index in [4.69, 9.17) is 0 Å². The lowest BCUT2D eigenvalue weighted by Crippen LogP contribution is -2.44. The van der Waals surface area contributed by atoms with Gasteiger partial charge in [-0.05, 0) is 44.9 Å². The highest BCUT2D eigenvalue weighted by Crippen LogP contribution is 2.20. The summed E-state index contributed by atoms with van der Waals surface area (Å²) < 4.78 is 1.97. The number of aromatic nitrogens is 4. The Morgan fingerprint density at radius 2 is 1.97 bits per heavy atom. The van der Waals surface area contributed by atoms with Crippen molar-refractivity contribution in [3.8, 4) is 5.82 Å². The molecule has 1 amide bonds. The maximum atomic E-state index is 12.9. The van der Waals surface area contributed by atoms with Crippen LogP contribution in [0.4, 0.5) is 0 Å². The Labute approximate surface area is 170 Å². The number of rotatable bonds is 5. The summed E-state index contributed by atoms with van der Waals surface area (Å²) in [7, 11) is 0. The van der Waals surface area contributed by atoms with Gasteiger partial charge in [-0.25, -0.2) is 4.98 Å². The van der Waals surface area contributed by atoms with Gasteiger partial charge in [0.15, 0.2) is 5.82 Å². The van der Waals surface area contributed by atoms with Crippen molar-refractivity contribution in [3.63, 3.8) is 0 Å². The maximum Gasteiger partial charge on any atom is 0.253 e. The molecule has 150 valence electrons. The fraction of sp³-hybridized carbons (Fsp3) is 0.364. The van der Waals surface area contributed by atoms with Crippen LogP contribution in [0.25, 0.3) is 5.82 Å². The second-order valence-electron chi connectivity index (χ2n) is 7.53. The highest BCUT2D eigenvalue weighted by atomic mass is 16.1. The van der Waals surface area contributed by atoms with Crippen LogP contribution in [0.15, 0.2) is 49.1 Å². The topological polar surface area (TPSA) is 75.9 Å². The van der Waals surface area contributed by atoms with E-state index in [1.54, 1.807) is 18.6 Å². The molecule has 1 aliphatic heterocycles. The Bertz CT molecular complexity index is 962. The maximum absolute atomic E-state index is 12.9. The number of carbonyl (C=O) groups is 1. The molecule has 7 heteroatoms. The van der Waals surface area contributed by atoms with Gasteiger partial charge >= 0.3 is 0 Å². The minimum absolute atomic E-state index is 0.0172. The van der Waals surface area contributed by atoms with Crippen molar-refractivity contribution in [3.05, 3.63) is 71.7 Å². The molecule has 0 aromatic carbocycles.